The highest BCUT2D eigenvalue weighted by Gasteiger charge is 2.25. The second-order valence-corrected chi connectivity index (χ2v) is 6.02. The topological polar surface area (TPSA) is 55.4 Å². The number of benzene rings is 1. The number of ether oxygens (including phenoxy) is 1. The van der Waals surface area contributed by atoms with Gasteiger partial charge in [0.15, 0.2) is 0 Å². The maximum Gasteiger partial charge on any atom is 0.218 e. The van der Waals surface area contributed by atoms with E-state index in [4.69, 9.17) is 4.74 Å². The summed E-state index contributed by atoms with van der Waals surface area (Å²) in [7, 11) is -0.197. The Morgan fingerprint density at radius 1 is 1.41 bits per heavy atom. The molecule has 0 radical (unpaired) electrons. The molecule has 1 aliphatic rings. The average molecular weight is 253 g/mol. The van der Waals surface area contributed by atoms with Gasteiger partial charge in [0, 0.05) is 0 Å². The summed E-state index contributed by atoms with van der Waals surface area (Å²) in [6.45, 7) is 0. The SMILES string of the molecule is CNS(=O)(=O)C1C=Cc2cc(OC)ccc2C1. The summed E-state index contributed by atoms with van der Waals surface area (Å²) in [5, 5.41) is -0.492. The third-order valence-corrected chi connectivity index (χ3v) is 4.64. The van der Waals surface area contributed by atoms with Crippen molar-refractivity contribution in [1.29, 1.82) is 0 Å². The van der Waals surface area contributed by atoms with Gasteiger partial charge in [-0.05, 0) is 36.7 Å². The molecule has 17 heavy (non-hydrogen) atoms. The van der Waals surface area contributed by atoms with E-state index in [1.54, 1.807) is 13.2 Å². The Morgan fingerprint density at radius 2 is 2.18 bits per heavy atom. The quantitative estimate of drug-likeness (QED) is 0.880. The molecule has 1 aliphatic carbocycles. The fourth-order valence-corrected chi connectivity index (χ4v) is 2.89. The number of hydrogen-bond acceptors (Lipinski definition) is 3. The fraction of sp³-hybridized carbons (Fsp3) is 0.333. The van der Waals surface area contributed by atoms with Gasteiger partial charge in [-0.2, -0.15) is 0 Å². The lowest BCUT2D eigenvalue weighted by Gasteiger charge is -2.19. The Bertz CT molecular complexity index is 549. The summed E-state index contributed by atoms with van der Waals surface area (Å²) in [4.78, 5) is 0. The predicted octanol–water partition coefficient (Wildman–Crippen LogP) is 1.18. The lowest BCUT2D eigenvalue weighted by Crippen LogP contribution is -2.33. The Kier molecular flexibility index (Phi) is 3.22. The van der Waals surface area contributed by atoms with Crippen LogP contribution in [0.5, 0.6) is 5.75 Å². The molecule has 0 amide bonds. The van der Waals surface area contributed by atoms with E-state index in [2.05, 4.69) is 4.72 Å². The second kappa shape index (κ2) is 4.50. The first kappa shape index (κ1) is 12.1. The van der Waals surface area contributed by atoms with Crippen LogP contribution >= 0.6 is 0 Å². The van der Waals surface area contributed by atoms with Crippen molar-refractivity contribution in [1.82, 2.24) is 4.72 Å². The summed E-state index contributed by atoms with van der Waals surface area (Å²) in [6, 6.07) is 5.67. The molecule has 1 unspecified atom stereocenters. The zero-order valence-electron chi connectivity index (χ0n) is 9.80. The summed E-state index contributed by atoms with van der Waals surface area (Å²) < 4.78 is 30.9. The Labute approximate surface area is 101 Å². The molecule has 1 atom stereocenters. The van der Waals surface area contributed by atoms with Gasteiger partial charge in [0.2, 0.25) is 10.0 Å². The maximum atomic E-state index is 11.7. The molecule has 0 spiro atoms. The molecule has 92 valence electrons. The van der Waals surface area contributed by atoms with Crippen molar-refractivity contribution in [2.45, 2.75) is 11.7 Å². The third kappa shape index (κ3) is 2.35. The van der Waals surface area contributed by atoms with Crippen molar-refractivity contribution in [3.63, 3.8) is 0 Å². The van der Waals surface area contributed by atoms with Gasteiger partial charge in [-0.25, -0.2) is 13.1 Å². The van der Waals surface area contributed by atoms with E-state index in [1.807, 2.05) is 24.3 Å². The van der Waals surface area contributed by atoms with E-state index in [-0.39, 0.29) is 0 Å². The molecular weight excluding hydrogens is 238 g/mol. The van der Waals surface area contributed by atoms with Crippen LogP contribution in [0, 0.1) is 0 Å². The minimum absolute atomic E-state index is 0.492. The van der Waals surface area contributed by atoms with Gasteiger partial charge >= 0.3 is 0 Å². The van der Waals surface area contributed by atoms with Crippen molar-refractivity contribution in [3.05, 3.63) is 35.4 Å². The van der Waals surface area contributed by atoms with Gasteiger partial charge in [0.1, 0.15) is 5.75 Å². The number of nitrogens with one attached hydrogen (secondary N) is 1. The minimum Gasteiger partial charge on any atom is -0.497 e. The van der Waals surface area contributed by atoms with E-state index >= 15 is 0 Å². The highest BCUT2D eigenvalue weighted by molar-refractivity contribution is 7.90. The first-order valence-electron chi connectivity index (χ1n) is 5.34. The summed E-state index contributed by atoms with van der Waals surface area (Å²) in [6.07, 6.45) is 4.05. The molecule has 0 saturated heterocycles. The van der Waals surface area contributed by atoms with Crippen LogP contribution in [0.15, 0.2) is 24.3 Å². The van der Waals surface area contributed by atoms with E-state index in [1.165, 1.54) is 7.05 Å². The number of methoxy groups -OCH3 is 1. The van der Waals surface area contributed by atoms with Crippen molar-refractivity contribution in [2.75, 3.05) is 14.2 Å². The van der Waals surface area contributed by atoms with Crippen LogP contribution < -0.4 is 9.46 Å². The molecule has 0 bridgehead atoms. The zero-order valence-corrected chi connectivity index (χ0v) is 10.6. The van der Waals surface area contributed by atoms with E-state index < -0.39 is 15.3 Å². The maximum absolute atomic E-state index is 11.7. The number of rotatable bonds is 3. The molecule has 0 fully saturated rings. The predicted molar refractivity (Wildman–Crippen MR) is 67.5 cm³/mol. The number of hydrogen-bond donors (Lipinski definition) is 1. The Balaban J connectivity index is 2.33. The van der Waals surface area contributed by atoms with Crippen LogP contribution in [-0.2, 0) is 16.4 Å². The lowest BCUT2D eigenvalue weighted by atomic mass is 9.97. The van der Waals surface area contributed by atoms with Gasteiger partial charge in [-0.1, -0.05) is 18.2 Å². The lowest BCUT2D eigenvalue weighted by molar-refractivity contribution is 0.414. The molecule has 1 aromatic carbocycles. The van der Waals surface area contributed by atoms with Crippen LogP contribution in [0.3, 0.4) is 0 Å². The van der Waals surface area contributed by atoms with Gasteiger partial charge < -0.3 is 4.74 Å². The third-order valence-electron chi connectivity index (χ3n) is 2.95. The molecule has 0 heterocycles. The van der Waals surface area contributed by atoms with Gasteiger partial charge in [0.25, 0.3) is 0 Å². The summed E-state index contributed by atoms with van der Waals surface area (Å²) in [5.74, 6) is 0.781. The molecule has 0 saturated carbocycles. The minimum atomic E-state index is -3.25. The molecule has 4 nitrogen and oxygen atoms in total. The Hall–Kier alpha value is -1.33. The van der Waals surface area contributed by atoms with Gasteiger partial charge in [-0.15, -0.1) is 0 Å². The first-order chi connectivity index (χ1) is 8.06. The molecule has 1 N–H and O–H groups in total. The largest absolute Gasteiger partial charge is 0.497 e. The normalized spacial score (nSPS) is 18.8. The van der Waals surface area contributed by atoms with Crippen LogP contribution in [0.25, 0.3) is 6.08 Å². The standard InChI is InChI=1S/C12H15NO3S/c1-13-17(14,15)12-6-4-9-7-11(16-2)5-3-10(9)8-12/h3-7,12-13H,8H2,1-2H3. The molecule has 0 aliphatic heterocycles. The van der Waals surface area contributed by atoms with Crippen molar-refractivity contribution in [2.24, 2.45) is 0 Å². The average Bonchev–Trinajstić information content (AvgIpc) is 2.37. The monoisotopic (exact) mass is 253 g/mol. The van der Waals surface area contributed by atoms with E-state index in [9.17, 15) is 8.42 Å². The van der Waals surface area contributed by atoms with Gasteiger partial charge in [0.05, 0.1) is 12.4 Å². The van der Waals surface area contributed by atoms with Crippen molar-refractivity contribution < 1.29 is 13.2 Å². The van der Waals surface area contributed by atoms with E-state index in [0.29, 0.717) is 6.42 Å². The molecule has 0 aromatic heterocycles. The smallest absolute Gasteiger partial charge is 0.218 e. The van der Waals surface area contributed by atoms with Gasteiger partial charge in [-0.3, -0.25) is 0 Å². The molecule has 5 heteroatoms. The van der Waals surface area contributed by atoms with Crippen LogP contribution in [0.1, 0.15) is 11.1 Å². The van der Waals surface area contributed by atoms with Crippen molar-refractivity contribution >= 4 is 16.1 Å². The highest BCUT2D eigenvalue weighted by atomic mass is 32.2. The van der Waals surface area contributed by atoms with Crippen LogP contribution in [-0.4, -0.2) is 27.8 Å². The van der Waals surface area contributed by atoms with E-state index in [0.717, 1.165) is 16.9 Å². The van der Waals surface area contributed by atoms with Crippen LogP contribution in [0.4, 0.5) is 0 Å². The highest BCUT2D eigenvalue weighted by Crippen LogP contribution is 2.26. The number of fused-ring (bicyclic) bond motifs is 1. The van der Waals surface area contributed by atoms with Crippen molar-refractivity contribution in [3.8, 4) is 5.75 Å². The fourth-order valence-electron chi connectivity index (χ4n) is 1.90. The van der Waals surface area contributed by atoms with Crippen LogP contribution in [0.2, 0.25) is 0 Å². The number of sulfonamides is 1. The molecular formula is C12H15NO3S. The second-order valence-electron chi connectivity index (χ2n) is 3.92. The summed E-state index contributed by atoms with van der Waals surface area (Å²) >= 11 is 0. The zero-order chi connectivity index (χ0) is 12.5. The Morgan fingerprint density at radius 3 is 2.82 bits per heavy atom. The first-order valence-corrected chi connectivity index (χ1v) is 6.89. The molecule has 1 aromatic rings. The molecule has 2 rings (SSSR count). The summed E-state index contributed by atoms with van der Waals surface area (Å²) in [5.41, 5.74) is 2.05.